The van der Waals surface area contributed by atoms with Gasteiger partial charge < -0.3 is 10.4 Å². The Bertz CT molecular complexity index is 776. The number of nitriles is 1. The predicted octanol–water partition coefficient (Wildman–Crippen LogP) is 7.70. The Balaban J connectivity index is 2.24. The highest BCUT2D eigenvalue weighted by Gasteiger charge is 2.35. The molecule has 0 fully saturated rings. The number of hydrogen-bond donors (Lipinski definition) is 2. The Morgan fingerprint density at radius 3 is 2.12 bits per heavy atom. The number of thioether (sulfide) groups is 1. The highest BCUT2D eigenvalue weighted by molar-refractivity contribution is 7.99. The highest BCUT2D eigenvalue weighted by Crippen LogP contribution is 2.33. The van der Waals surface area contributed by atoms with Crippen LogP contribution < -0.4 is 5.32 Å². The lowest BCUT2D eigenvalue weighted by Crippen LogP contribution is -2.40. The highest BCUT2D eigenvalue weighted by atomic mass is 32.2. The van der Waals surface area contributed by atoms with Gasteiger partial charge in [0.2, 0.25) is 0 Å². The monoisotopic (exact) mass is 500 g/mol. The number of carbonyl (C=O) groups excluding carboxylic acids is 1. The molecule has 0 bridgehead atoms. The standard InChI is InChI=1S/C26H39F3N2O2S/c1-3-4-5-9-12-17-34-18-13-10-7-6-8-11-16-25(2,33)24(32)31-22-15-14-21(20-30)23(19-22)26(27,28)29/h14-15,19,33H,3-13,16-18H2,1-2H3,(H,31,32)/t25-/m0/s1. The van der Waals surface area contributed by atoms with Crippen molar-refractivity contribution in [3.05, 3.63) is 29.3 Å². The molecule has 1 aromatic carbocycles. The fraction of sp³-hybridized carbons (Fsp3) is 0.692. The number of alkyl halides is 3. The van der Waals surface area contributed by atoms with Crippen LogP contribution in [0.15, 0.2) is 18.2 Å². The summed E-state index contributed by atoms with van der Waals surface area (Å²) < 4.78 is 39.3. The molecular weight excluding hydrogens is 461 g/mol. The molecule has 34 heavy (non-hydrogen) atoms. The fourth-order valence-corrected chi connectivity index (χ4v) is 4.64. The second kappa shape index (κ2) is 16.0. The van der Waals surface area contributed by atoms with Crippen molar-refractivity contribution in [2.45, 2.75) is 103 Å². The van der Waals surface area contributed by atoms with Gasteiger partial charge in [0.15, 0.2) is 0 Å². The van der Waals surface area contributed by atoms with Gasteiger partial charge in [-0.25, -0.2) is 0 Å². The minimum Gasteiger partial charge on any atom is -0.380 e. The Kier molecular flexibility index (Phi) is 14.3. The molecule has 8 heteroatoms. The van der Waals surface area contributed by atoms with Crippen LogP contribution in [0.3, 0.4) is 0 Å². The molecule has 1 amide bonds. The zero-order valence-electron chi connectivity index (χ0n) is 20.5. The summed E-state index contributed by atoms with van der Waals surface area (Å²) in [6.07, 6.45) is 8.24. The van der Waals surface area contributed by atoms with Crippen LogP contribution in [-0.2, 0) is 11.0 Å². The number of anilines is 1. The summed E-state index contributed by atoms with van der Waals surface area (Å²) in [6, 6.07) is 4.46. The van der Waals surface area contributed by atoms with Gasteiger partial charge >= 0.3 is 6.18 Å². The summed E-state index contributed by atoms with van der Waals surface area (Å²) >= 11 is 2.04. The first kappa shape index (κ1) is 30.3. The number of unbranched alkanes of at least 4 members (excludes halogenated alkanes) is 9. The number of nitrogens with one attached hydrogen (secondary N) is 1. The summed E-state index contributed by atoms with van der Waals surface area (Å²) in [4.78, 5) is 12.4. The molecule has 1 rings (SSSR count). The van der Waals surface area contributed by atoms with Crippen molar-refractivity contribution < 1.29 is 23.1 Å². The molecule has 0 aliphatic carbocycles. The van der Waals surface area contributed by atoms with E-state index in [0.29, 0.717) is 6.42 Å². The van der Waals surface area contributed by atoms with Crippen molar-refractivity contribution in [3.8, 4) is 6.07 Å². The van der Waals surface area contributed by atoms with Crippen LogP contribution in [-0.4, -0.2) is 28.1 Å². The van der Waals surface area contributed by atoms with E-state index in [2.05, 4.69) is 12.2 Å². The Morgan fingerprint density at radius 1 is 1.00 bits per heavy atom. The Labute approximate surface area is 206 Å². The lowest BCUT2D eigenvalue weighted by molar-refractivity contribution is -0.138. The largest absolute Gasteiger partial charge is 0.417 e. The van der Waals surface area contributed by atoms with Gasteiger partial charge in [0, 0.05) is 5.69 Å². The van der Waals surface area contributed by atoms with Crippen molar-refractivity contribution in [1.29, 1.82) is 5.26 Å². The molecule has 0 heterocycles. The van der Waals surface area contributed by atoms with E-state index in [0.717, 1.165) is 31.4 Å². The summed E-state index contributed by atoms with van der Waals surface area (Å²) in [5.74, 6) is 1.70. The first-order valence-electron chi connectivity index (χ1n) is 12.3. The number of hydrogen-bond acceptors (Lipinski definition) is 4. The van der Waals surface area contributed by atoms with Crippen LogP contribution in [0.4, 0.5) is 18.9 Å². The molecule has 0 spiro atoms. The molecule has 2 N–H and O–H groups in total. The molecule has 1 atom stereocenters. The molecule has 0 saturated heterocycles. The summed E-state index contributed by atoms with van der Waals surface area (Å²) in [5.41, 5.74) is -3.41. The van der Waals surface area contributed by atoms with Crippen molar-refractivity contribution >= 4 is 23.4 Å². The summed E-state index contributed by atoms with van der Waals surface area (Å²) in [7, 11) is 0. The van der Waals surface area contributed by atoms with Gasteiger partial charge in [0.05, 0.1) is 17.2 Å². The number of benzene rings is 1. The third kappa shape index (κ3) is 12.1. The van der Waals surface area contributed by atoms with Gasteiger partial charge in [0.25, 0.3) is 5.91 Å². The number of amides is 1. The molecule has 4 nitrogen and oxygen atoms in total. The van der Waals surface area contributed by atoms with Crippen LogP contribution >= 0.6 is 11.8 Å². The molecule has 192 valence electrons. The molecular formula is C26H39F3N2O2S. The predicted molar refractivity (Wildman–Crippen MR) is 134 cm³/mol. The van der Waals surface area contributed by atoms with Crippen molar-refractivity contribution in [2.24, 2.45) is 0 Å². The van der Waals surface area contributed by atoms with E-state index in [4.69, 9.17) is 5.26 Å². The van der Waals surface area contributed by atoms with E-state index >= 15 is 0 Å². The molecule has 0 aliphatic rings. The van der Waals surface area contributed by atoms with Crippen LogP contribution in [0.25, 0.3) is 0 Å². The zero-order valence-corrected chi connectivity index (χ0v) is 21.3. The van der Waals surface area contributed by atoms with Gasteiger partial charge in [-0.3, -0.25) is 4.79 Å². The first-order chi connectivity index (χ1) is 16.1. The van der Waals surface area contributed by atoms with Crippen molar-refractivity contribution in [1.82, 2.24) is 0 Å². The second-order valence-electron chi connectivity index (χ2n) is 9.00. The normalized spacial score (nSPS) is 13.3. The topological polar surface area (TPSA) is 73.1 Å². The lowest BCUT2D eigenvalue weighted by Gasteiger charge is -2.22. The zero-order chi connectivity index (χ0) is 25.5. The molecule has 0 aromatic heterocycles. The van der Waals surface area contributed by atoms with Crippen LogP contribution in [0, 0.1) is 11.3 Å². The smallest absolute Gasteiger partial charge is 0.380 e. The van der Waals surface area contributed by atoms with Crippen LogP contribution in [0.2, 0.25) is 0 Å². The number of halogens is 3. The fourth-order valence-electron chi connectivity index (χ4n) is 3.62. The van der Waals surface area contributed by atoms with E-state index in [9.17, 15) is 23.1 Å². The van der Waals surface area contributed by atoms with E-state index in [1.54, 1.807) is 0 Å². The molecule has 0 radical (unpaired) electrons. The minimum atomic E-state index is -4.71. The third-order valence-corrected chi connectivity index (χ3v) is 6.94. The molecule has 0 saturated carbocycles. The van der Waals surface area contributed by atoms with Crippen molar-refractivity contribution in [2.75, 3.05) is 16.8 Å². The van der Waals surface area contributed by atoms with Gasteiger partial charge in [-0.2, -0.15) is 30.2 Å². The molecule has 1 aromatic rings. The van der Waals surface area contributed by atoms with E-state index in [1.165, 1.54) is 75.5 Å². The van der Waals surface area contributed by atoms with Gasteiger partial charge in [-0.1, -0.05) is 64.7 Å². The first-order valence-corrected chi connectivity index (χ1v) is 13.5. The number of carbonyl (C=O) groups is 1. The number of nitrogens with zero attached hydrogens (tertiary/aromatic N) is 1. The van der Waals surface area contributed by atoms with Crippen LogP contribution in [0.1, 0.15) is 102 Å². The minimum absolute atomic E-state index is 0.101. The summed E-state index contributed by atoms with van der Waals surface area (Å²) in [5, 5.41) is 21.7. The maximum atomic E-state index is 13.1. The average Bonchev–Trinajstić information content (AvgIpc) is 2.78. The Morgan fingerprint density at radius 2 is 1.56 bits per heavy atom. The number of rotatable bonds is 17. The van der Waals surface area contributed by atoms with Gasteiger partial charge in [-0.05, 0) is 55.9 Å². The SMILES string of the molecule is CCCCCCCSCCCCCCCC[C@](C)(O)C(=O)Nc1ccc(C#N)c(C(F)(F)F)c1. The molecule has 0 unspecified atom stereocenters. The van der Waals surface area contributed by atoms with E-state index in [-0.39, 0.29) is 12.1 Å². The van der Waals surface area contributed by atoms with E-state index in [1.807, 2.05) is 11.8 Å². The average molecular weight is 501 g/mol. The lowest BCUT2D eigenvalue weighted by atomic mass is 9.96. The van der Waals surface area contributed by atoms with E-state index < -0.39 is 28.8 Å². The third-order valence-electron chi connectivity index (χ3n) is 5.79. The quantitative estimate of drug-likeness (QED) is 0.215. The second-order valence-corrected chi connectivity index (χ2v) is 10.2. The van der Waals surface area contributed by atoms with Gasteiger partial charge in [-0.15, -0.1) is 0 Å². The molecule has 0 aliphatic heterocycles. The van der Waals surface area contributed by atoms with Crippen LogP contribution in [0.5, 0.6) is 0 Å². The number of aliphatic hydroxyl groups is 1. The van der Waals surface area contributed by atoms with Gasteiger partial charge in [0.1, 0.15) is 5.60 Å². The van der Waals surface area contributed by atoms with Crippen molar-refractivity contribution in [3.63, 3.8) is 0 Å². The Hall–Kier alpha value is -1.72. The summed E-state index contributed by atoms with van der Waals surface area (Å²) in [6.45, 7) is 3.60. The maximum Gasteiger partial charge on any atom is 0.417 e. The maximum absolute atomic E-state index is 13.1.